The van der Waals surface area contributed by atoms with Crippen molar-refractivity contribution in [1.82, 2.24) is 5.32 Å². The SMILES string of the molecule is CCCNC(Cc1ccc(Cl)cc1)C1Cc2ccccc21. The number of fused-ring (bicyclic) bond motifs is 1. The first-order chi connectivity index (χ1) is 10.3. The molecule has 2 aromatic rings. The lowest BCUT2D eigenvalue weighted by Crippen LogP contribution is -2.41. The molecule has 0 saturated carbocycles. The minimum absolute atomic E-state index is 0.515. The lowest BCUT2D eigenvalue weighted by Gasteiger charge is -2.37. The highest BCUT2D eigenvalue weighted by molar-refractivity contribution is 6.30. The van der Waals surface area contributed by atoms with Gasteiger partial charge in [0.15, 0.2) is 0 Å². The van der Waals surface area contributed by atoms with Crippen molar-refractivity contribution in [3.05, 3.63) is 70.2 Å². The molecule has 0 aromatic heterocycles. The van der Waals surface area contributed by atoms with Gasteiger partial charge in [-0.15, -0.1) is 0 Å². The first kappa shape index (κ1) is 14.6. The molecule has 1 aliphatic rings. The van der Waals surface area contributed by atoms with Gasteiger partial charge in [-0.3, -0.25) is 0 Å². The van der Waals surface area contributed by atoms with E-state index in [9.17, 15) is 0 Å². The Morgan fingerprint density at radius 1 is 1.14 bits per heavy atom. The Balaban J connectivity index is 1.74. The molecule has 3 rings (SSSR count). The summed E-state index contributed by atoms with van der Waals surface area (Å²) in [6, 6.07) is 17.6. The van der Waals surface area contributed by atoms with Crippen LogP contribution in [0.3, 0.4) is 0 Å². The topological polar surface area (TPSA) is 12.0 Å². The maximum absolute atomic E-state index is 5.98. The maximum atomic E-state index is 5.98. The highest BCUT2D eigenvalue weighted by atomic mass is 35.5. The summed E-state index contributed by atoms with van der Waals surface area (Å²) >= 11 is 5.98. The van der Waals surface area contributed by atoms with E-state index in [0.29, 0.717) is 12.0 Å². The molecule has 2 heteroatoms. The van der Waals surface area contributed by atoms with Crippen molar-refractivity contribution in [3.8, 4) is 0 Å². The molecule has 0 spiro atoms. The van der Waals surface area contributed by atoms with Crippen LogP contribution in [0.4, 0.5) is 0 Å². The Hall–Kier alpha value is -1.31. The van der Waals surface area contributed by atoms with E-state index >= 15 is 0 Å². The number of nitrogens with one attached hydrogen (secondary N) is 1. The van der Waals surface area contributed by atoms with E-state index in [2.05, 4.69) is 48.6 Å². The van der Waals surface area contributed by atoms with Gasteiger partial charge >= 0.3 is 0 Å². The van der Waals surface area contributed by atoms with Gasteiger partial charge in [-0.25, -0.2) is 0 Å². The highest BCUT2D eigenvalue weighted by Gasteiger charge is 2.32. The first-order valence-electron chi connectivity index (χ1n) is 7.83. The number of hydrogen-bond acceptors (Lipinski definition) is 1. The van der Waals surface area contributed by atoms with Gasteiger partial charge in [0.2, 0.25) is 0 Å². The minimum Gasteiger partial charge on any atom is -0.313 e. The van der Waals surface area contributed by atoms with Crippen LogP contribution >= 0.6 is 11.6 Å². The molecule has 110 valence electrons. The standard InChI is InChI=1S/C19H22ClN/c1-2-11-21-19(12-14-7-9-16(20)10-8-14)18-13-15-5-3-4-6-17(15)18/h3-10,18-19,21H,2,11-13H2,1H3. The van der Waals surface area contributed by atoms with E-state index in [-0.39, 0.29) is 0 Å². The van der Waals surface area contributed by atoms with Crippen molar-refractivity contribution in [1.29, 1.82) is 0 Å². The van der Waals surface area contributed by atoms with Crippen molar-refractivity contribution in [2.45, 2.75) is 38.1 Å². The van der Waals surface area contributed by atoms with Gasteiger partial charge in [0.05, 0.1) is 0 Å². The van der Waals surface area contributed by atoms with Crippen LogP contribution in [0, 0.1) is 0 Å². The quantitative estimate of drug-likeness (QED) is 0.822. The molecule has 2 aromatic carbocycles. The number of hydrogen-bond donors (Lipinski definition) is 1. The van der Waals surface area contributed by atoms with Gasteiger partial charge in [0, 0.05) is 17.0 Å². The fraction of sp³-hybridized carbons (Fsp3) is 0.368. The highest BCUT2D eigenvalue weighted by Crippen LogP contribution is 2.38. The largest absolute Gasteiger partial charge is 0.313 e. The molecular weight excluding hydrogens is 278 g/mol. The lowest BCUT2D eigenvalue weighted by molar-refractivity contribution is 0.397. The Kier molecular flexibility index (Phi) is 4.62. The average Bonchev–Trinajstić information content (AvgIpc) is 2.48. The summed E-state index contributed by atoms with van der Waals surface area (Å²) in [5.74, 6) is 0.642. The van der Waals surface area contributed by atoms with Crippen LogP contribution < -0.4 is 5.32 Å². The Morgan fingerprint density at radius 3 is 2.62 bits per heavy atom. The number of rotatable bonds is 6. The summed E-state index contributed by atoms with van der Waals surface area (Å²) in [7, 11) is 0. The van der Waals surface area contributed by atoms with Gasteiger partial charge in [-0.1, -0.05) is 54.9 Å². The van der Waals surface area contributed by atoms with E-state index in [1.165, 1.54) is 29.5 Å². The molecular formula is C19H22ClN. The normalized spacial score (nSPS) is 17.9. The lowest BCUT2D eigenvalue weighted by atomic mass is 9.72. The average molecular weight is 300 g/mol. The van der Waals surface area contributed by atoms with Gasteiger partial charge in [-0.2, -0.15) is 0 Å². The van der Waals surface area contributed by atoms with Gasteiger partial charge in [0.1, 0.15) is 0 Å². The van der Waals surface area contributed by atoms with Crippen molar-refractivity contribution < 1.29 is 0 Å². The molecule has 0 radical (unpaired) electrons. The maximum Gasteiger partial charge on any atom is 0.0406 e. The van der Waals surface area contributed by atoms with Crippen LogP contribution in [0.25, 0.3) is 0 Å². The van der Waals surface area contributed by atoms with E-state index in [0.717, 1.165) is 18.0 Å². The molecule has 1 aliphatic carbocycles. The van der Waals surface area contributed by atoms with Crippen molar-refractivity contribution in [3.63, 3.8) is 0 Å². The fourth-order valence-electron chi connectivity index (χ4n) is 3.22. The van der Waals surface area contributed by atoms with E-state index in [4.69, 9.17) is 11.6 Å². The molecule has 21 heavy (non-hydrogen) atoms. The summed E-state index contributed by atoms with van der Waals surface area (Å²) in [6.45, 7) is 3.30. The number of benzene rings is 2. The third-order valence-electron chi connectivity index (χ3n) is 4.41. The predicted molar refractivity (Wildman–Crippen MR) is 90.1 cm³/mol. The monoisotopic (exact) mass is 299 g/mol. The van der Waals surface area contributed by atoms with Gasteiger partial charge < -0.3 is 5.32 Å². The molecule has 1 N–H and O–H groups in total. The van der Waals surface area contributed by atoms with Gasteiger partial charge in [0.25, 0.3) is 0 Å². The van der Waals surface area contributed by atoms with Crippen molar-refractivity contribution in [2.24, 2.45) is 0 Å². The Bertz CT molecular complexity index is 591. The zero-order valence-electron chi connectivity index (χ0n) is 12.5. The van der Waals surface area contributed by atoms with Crippen molar-refractivity contribution in [2.75, 3.05) is 6.54 Å². The smallest absolute Gasteiger partial charge is 0.0406 e. The van der Waals surface area contributed by atoms with Crippen LogP contribution in [-0.2, 0) is 12.8 Å². The second-order valence-corrected chi connectivity index (χ2v) is 6.34. The second kappa shape index (κ2) is 6.64. The summed E-state index contributed by atoms with van der Waals surface area (Å²) in [4.78, 5) is 0. The third-order valence-corrected chi connectivity index (χ3v) is 4.66. The second-order valence-electron chi connectivity index (χ2n) is 5.90. The van der Waals surface area contributed by atoms with Crippen LogP contribution in [-0.4, -0.2) is 12.6 Å². The molecule has 0 aliphatic heterocycles. The molecule has 1 nitrogen and oxygen atoms in total. The summed E-state index contributed by atoms with van der Waals surface area (Å²) in [5.41, 5.74) is 4.40. The van der Waals surface area contributed by atoms with Crippen LogP contribution in [0.5, 0.6) is 0 Å². The molecule has 0 saturated heterocycles. The van der Waals surface area contributed by atoms with E-state index in [1.54, 1.807) is 0 Å². The molecule has 0 heterocycles. The fourth-order valence-corrected chi connectivity index (χ4v) is 3.34. The molecule has 0 fully saturated rings. The summed E-state index contributed by atoms with van der Waals surface area (Å²) in [6.07, 6.45) is 3.44. The third kappa shape index (κ3) is 3.30. The Morgan fingerprint density at radius 2 is 1.90 bits per heavy atom. The van der Waals surface area contributed by atoms with Crippen LogP contribution in [0.1, 0.15) is 36.0 Å². The number of halogens is 1. The summed E-state index contributed by atoms with van der Waals surface area (Å²) in [5, 5.41) is 4.55. The minimum atomic E-state index is 0.515. The van der Waals surface area contributed by atoms with Crippen molar-refractivity contribution >= 4 is 11.6 Å². The molecule has 0 amide bonds. The molecule has 0 bridgehead atoms. The summed E-state index contributed by atoms with van der Waals surface area (Å²) < 4.78 is 0. The predicted octanol–water partition coefficient (Wildman–Crippen LogP) is 4.59. The molecule has 2 unspecified atom stereocenters. The first-order valence-corrected chi connectivity index (χ1v) is 8.21. The van der Waals surface area contributed by atoms with Gasteiger partial charge in [-0.05, 0) is 54.6 Å². The van der Waals surface area contributed by atoms with Crippen LogP contribution in [0.2, 0.25) is 5.02 Å². The zero-order valence-corrected chi connectivity index (χ0v) is 13.2. The van der Waals surface area contributed by atoms with Crippen LogP contribution in [0.15, 0.2) is 48.5 Å². The Labute approximate surface area is 132 Å². The van der Waals surface area contributed by atoms with E-state index in [1.807, 2.05) is 12.1 Å². The van der Waals surface area contributed by atoms with E-state index < -0.39 is 0 Å². The molecule has 2 atom stereocenters. The zero-order chi connectivity index (χ0) is 14.7.